The van der Waals surface area contributed by atoms with Gasteiger partial charge in [-0.15, -0.1) is 0 Å². The maximum Gasteiger partial charge on any atom is 0.306 e. The highest BCUT2D eigenvalue weighted by Crippen LogP contribution is 2.35. The molecule has 1 aliphatic rings. The molecular formula is C26H28N4O4. The number of rotatable bonds is 6. The first-order chi connectivity index (χ1) is 16.1. The largest absolute Gasteiger partial charge is 0.481 e. The van der Waals surface area contributed by atoms with Crippen LogP contribution in [0.2, 0.25) is 0 Å². The van der Waals surface area contributed by atoms with Gasteiger partial charge in [0.05, 0.1) is 22.4 Å². The molecule has 4 rings (SSSR count). The molecule has 3 aromatic rings. The molecule has 8 heteroatoms. The van der Waals surface area contributed by atoms with Crippen LogP contribution < -0.4 is 5.32 Å². The average molecular weight is 461 g/mol. The van der Waals surface area contributed by atoms with Crippen LogP contribution in [0.1, 0.15) is 60.3 Å². The molecule has 0 amide bonds. The molecule has 1 unspecified atom stereocenters. The van der Waals surface area contributed by atoms with Crippen LogP contribution in [0.5, 0.6) is 0 Å². The molecule has 0 bridgehead atoms. The van der Waals surface area contributed by atoms with Gasteiger partial charge in [0.15, 0.2) is 0 Å². The number of carboxylic acid groups (broad SMARTS) is 1. The smallest absolute Gasteiger partial charge is 0.306 e. The fourth-order valence-electron chi connectivity index (χ4n) is 4.59. The van der Waals surface area contributed by atoms with E-state index in [0.29, 0.717) is 30.9 Å². The molecule has 1 aliphatic carbocycles. The van der Waals surface area contributed by atoms with Crippen molar-refractivity contribution < 1.29 is 14.8 Å². The summed E-state index contributed by atoms with van der Waals surface area (Å²) < 4.78 is 0. The van der Waals surface area contributed by atoms with Crippen LogP contribution >= 0.6 is 0 Å². The van der Waals surface area contributed by atoms with Crippen LogP contribution in [-0.4, -0.2) is 26.0 Å². The lowest BCUT2D eigenvalue weighted by molar-refractivity contribution is -0.385. The van der Waals surface area contributed by atoms with Crippen molar-refractivity contribution in [3.63, 3.8) is 0 Å². The summed E-state index contributed by atoms with van der Waals surface area (Å²) in [5, 5.41) is 24.9. The summed E-state index contributed by atoms with van der Waals surface area (Å²) in [6.07, 6.45) is 3.90. The Balaban J connectivity index is 1.73. The summed E-state index contributed by atoms with van der Waals surface area (Å²) in [5.74, 6) is 0.226. The SMILES string of the molecule is Cc1cc([C@@H](C)Nc2nc(C)nc3cc(C)c(C4=CCC(C(=O)O)CC4)cc23)cc([N+](=O)[O-])c1. The van der Waals surface area contributed by atoms with Gasteiger partial charge in [0.2, 0.25) is 0 Å². The van der Waals surface area contributed by atoms with Crippen molar-refractivity contribution in [2.24, 2.45) is 5.92 Å². The number of nitro groups is 1. The Hall–Kier alpha value is -3.81. The van der Waals surface area contributed by atoms with Gasteiger partial charge in [-0.3, -0.25) is 14.9 Å². The number of aromatic nitrogens is 2. The number of benzene rings is 2. The zero-order valence-electron chi connectivity index (χ0n) is 19.8. The highest BCUT2D eigenvalue weighted by atomic mass is 16.6. The Morgan fingerprint density at radius 3 is 2.59 bits per heavy atom. The maximum absolute atomic E-state index is 11.3. The number of aliphatic carboxylic acids is 1. The van der Waals surface area contributed by atoms with Gasteiger partial charge >= 0.3 is 5.97 Å². The van der Waals surface area contributed by atoms with E-state index in [2.05, 4.69) is 21.4 Å². The monoisotopic (exact) mass is 460 g/mol. The van der Waals surface area contributed by atoms with Gasteiger partial charge in [0.1, 0.15) is 11.6 Å². The lowest BCUT2D eigenvalue weighted by atomic mass is 9.85. The zero-order chi connectivity index (χ0) is 24.6. The number of aryl methyl sites for hydroxylation is 3. The number of nitro benzene ring substituents is 1. The normalized spacial score (nSPS) is 16.7. The first kappa shape index (κ1) is 23.4. The summed E-state index contributed by atoms with van der Waals surface area (Å²) in [7, 11) is 0. The molecule has 2 atom stereocenters. The number of hydrogen-bond donors (Lipinski definition) is 2. The second-order valence-electron chi connectivity index (χ2n) is 9.07. The van der Waals surface area contributed by atoms with Gasteiger partial charge in [-0.25, -0.2) is 9.97 Å². The highest BCUT2D eigenvalue weighted by Gasteiger charge is 2.23. The van der Waals surface area contributed by atoms with E-state index in [9.17, 15) is 20.0 Å². The molecule has 34 heavy (non-hydrogen) atoms. The van der Waals surface area contributed by atoms with Gasteiger partial charge in [-0.05, 0) is 86.9 Å². The quantitative estimate of drug-likeness (QED) is 0.347. The standard InChI is InChI=1S/C26H28N4O4/c1-14-9-20(12-21(10-14)30(33)34)16(3)27-25-23-13-22(15(2)11-24(23)28-17(4)29-25)18-5-7-19(8-6-18)26(31)32/h5,9-13,16,19H,6-8H2,1-4H3,(H,31,32)(H,27,28,29)/t16-,19?/m1/s1. The van der Waals surface area contributed by atoms with E-state index in [1.165, 1.54) is 0 Å². The minimum Gasteiger partial charge on any atom is -0.481 e. The number of nitrogens with one attached hydrogen (secondary N) is 1. The molecule has 8 nitrogen and oxygen atoms in total. The van der Waals surface area contributed by atoms with E-state index in [0.717, 1.165) is 38.7 Å². The first-order valence-corrected chi connectivity index (χ1v) is 11.4. The van der Waals surface area contributed by atoms with Crippen molar-refractivity contribution >= 4 is 34.0 Å². The van der Waals surface area contributed by atoms with Crippen molar-refractivity contribution in [2.45, 2.75) is 53.0 Å². The Kier molecular flexibility index (Phi) is 6.32. The van der Waals surface area contributed by atoms with E-state index in [-0.39, 0.29) is 22.6 Å². The molecule has 0 fully saturated rings. The molecular weight excluding hydrogens is 432 g/mol. The van der Waals surface area contributed by atoms with E-state index >= 15 is 0 Å². The molecule has 1 aromatic heterocycles. The Morgan fingerprint density at radius 1 is 1.18 bits per heavy atom. The van der Waals surface area contributed by atoms with E-state index in [4.69, 9.17) is 0 Å². The summed E-state index contributed by atoms with van der Waals surface area (Å²) >= 11 is 0. The van der Waals surface area contributed by atoms with Crippen LogP contribution in [0.4, 0.5) is 11.5 Å². The number of nitrogens with zero attached hydrogens (tertiary/aromatic N) is 3. The van der Waals surface area contributed by atoms with Crippen molar-refractivity contribution in [3.8, 4) is 0 Å². The minimum atomic E-state index is -0.744. The van der Waals surface area contributed by atoms with Crippen LogP contribution in [0.15, 0.2) is 36.4 Å². The predicted molar refractivity (Wildman–Crippen MR) is 132 cm³/mol. The number of hydrogen-bond acceptors (Lipinski definition) is 6. The van der Waals surface area contributed by atoms with Gasteiger partial charge in [0.25, 0.3) is 5.69 Å². The second kappa shape index (κ2) is 9.21. The number of carboxylic acids is 1. The molecule has 0 radical (unpaired) electrons. The van der Waals surface area contributed by atoms with E-state index < -0.39 is 5.97 Å². The fraction of sp³-hybridized carbons (Fsp3) is 0.346. The fourth-order valence-corrected chi connectivity index (χ4v) is 4.59. The van der Waals surface area contributed by atoms with Gasteiger partial charge in [-0.2, -0.15) is 0 Å². The van der Waals surface area contributed by atoms with Crippen molar-refractivity contribution in [1.82, 2.24) is 9.97 Å². The predicted octanol–water partition coefficient (Wildman–Crippen LogP) is 5.90. The molecule has 0 aliphatic heterocycles. The lowest BCUT2D eigenvalue weighted by Gasteiger charge is -2.21. The Morgan fingerprint density at radius 2 is 1.94 bits per heavy atom. The molecule has 176 valence electrons. The first-order valence-electron chi connectivity index (χ1n) is 11.4. The number of anilines is 1. The van der Waals surface area contributed by atoms with Gasteiger partial charge < -0.3 is 10.4 Å². The summed E-state index contributed by atoms with van der Waals surface area (Å²) in [6.45, 7) is 7.67. The third-order valence-electron chi connectivity index (χ3n) is 6.41. The Labute approximate surface area is 197 Å². The summed E-state index contributed by atoms with van der Waals surface area (Å²) in [4.78, 5) is 31.5. The third-order valence-corrected chi connectivity index (χ3v) is 6.41. The van der Waals surface area contributed by atoms with Crippen LogP contribution in [0.25, 0.3) is 16.5 Å². The molecule has 0 saturated carbocycles. The van der Waals surface area contributed by atoms with Crippen LogP contribution in [0, 0.1) is 36.8 Å². The van der Waals surface area contributed by atoms with Gasteiger partial charge in [0, 0.05) is 17.5 Å². The lowest BCUT2D eigenvalue weighted by Crippen LogP contribution is -2.16. The summed E-state index contributed by atoms with van der Waals surface area (Å²) in [5.41, 5.74) is 5.81. The zero-order valence-corrected chi connectivity index (χ0v) is 19.8. The van der Waals surface area contributed by atoms with E-state index in [1.54, 1.807) is 12.1 Å². The van der Waals surface area contributed by atoms with Gasteiger partial charge in [-0.1, -0.05) is 12.1 Å². The second-order valence-corrected chi connectivity index (χ2v) is 9.07. The maximum atomic E-state index is 11.3. The third kappa shape index (κ3) is 4.76. The van der Waals surface area contributed by atoms with Crippen molar-refractivity contribution in [3.05, 3.63) is 74.6 Å². The number of non-ortho nitro benzene ring substituents is 1. The Bertz CT molecular complexity index is 1330. The van der Waals surface area contributed by atoms with Crippen molar-refractivity contribution in [1.29, 1.82) is 0 Å². The minimum absolute atomic E-state index is 0.0641. The van der Waals surface area contributed by atoms with E-state index in [1.807, 2.05) is 45.9 Å². The topological polar surface area (TPSA) is 118 Å². The average Bonchev–Trinajstić information content (AvgIpc) is 2.78. The van der Waals surface area contributed by atoms with Crippen LogP contribution in [-0.2, 0) is 4.79 Å². The van der Waals surface area contributed by atoms with Crippen molar-refractivity contribution in [2.75, 3.05) is 5.32 Å². The molecule has 0 saturated heterocycles. The number of fused-ring (bicyclic) bond motifs is 1. The van der Waals surface area contributed by atoms with Crippen LogP contribution in [0.3, 0.4) is 0 Å². The molecule has 0 spiro atoms. The number of carbonyl (C=O) groups is 1. The highest BCUT2D eigenvalue weighted by molar-refractivity contribution is 5.93. The number of allylic oxidation sites excluding steroid dienone is 2. The molecule has 2 N–H and O–H groups in total. The molecule has 2 aromatic carbocycles. The summed E-state index contributed by atoms with van der Waals surface area (Å²) in [6, 6.07) is 8.97. The molecule has 1 heterocycles.